The lowest BCUT2D eigenvalue weighted by Gasteiger charge is -2.13. The Labute approximate surface area is 157 Å². The van der Waals surface area contributed by atoms with Crippen LogP contribution in [-0.4, -0.2) is 35.5 Å². The van der Waals surface area contributed by atoms with Gasteiger partial charge < -0.3 is 15.4 Å². The number of nitrogens with one attached hydrogen (secondary N) is 2. The molecule has 26 heavy (non-hydrogen) atoms. The van der Waals surface area contributed by atoms with E-state index in [4.69, 9.17) is 4.74 Å². The minimum atomic E-state index is 0.553. The first-order valence-corrected chi connectivity index (χ1v) is 9.64. The second kappa shape index (κ2) is 8.71. The Morgan fingerprint density at radius 3 is 3.00 bits per heavy atom. The highest BCUT2D eigenvalue weighted by Crippen LogP contribution is 2.19. The van der Waals surface area contributed by atoms with Gasteiger partial charge in [0.1, 0.15) is 5.75 Å². The molecule has 0 saturated heterocycles. The van der Waals surface area contributed by atoms with Crippen LogP contribution >= 0.6 is 11.3 Å². The van der Waals surface area contributed by atoms with Crippen LogP contribution in [0.2, 0.25) is 0 Å². The Balaban J connectivity index is 1.59. The van der Waals surface area contributed by atoms with E-state index in [1.807, 2.05) is 28.2 Å². The maximum absolute atomic E-state index is 5.45. The third-order valence-corrected chi connectivity index (χ3v) is 4.78. The number of aliphatic imine (C=N–C) groups is 1. The smallest absolute Gasteiger partial charge is 0.193 e. The van der Waals surface area contributed by atoms with E-state index in [9.17, 15) is 0 Å². The van der Waals surface area contributed by atoms with Gasteiger partial charge >= 0.3 is 0 Å². The number of imidazole rings is 1. The SMILES string of the molecule is CCNC(=NCc1cn2ccsc2n1)NCCc1cc(C)ccc1OC. The van der Waals surface area contributed by atoms with E-state index in [0.717, 1.165) is 41.9 Å². The maximum atomic E-state index is 5.45. The highest BCUT2D eigenvalue weighted by atomic mass is 32.1. The van der Waals surface area contributed by atoms with Crippen LogP contribution in [0.5, 0.6) is 5.75 Å². The van der Waals surface area contributed by atoms with Gasteiger partial charge in [-0.25, -0.2) is 9.98 Å². The van der Waals surface area contributed by atoms with E-state index in [0.29, 0.717) is 6.54 Å². The van der Waals surface area contributed by atoms with Crippen LogP contribution in [0.3, 0.4) is 0 Å². The highest BCUT2D eigenvalue weighted by Gasteiger charge is 2.05. The summed E-state index contributed by atoms with van der Waals surface area (Å²) in [5.41, 5.74) is 3.40. The van der Waals surface area contributed by atoms with Crippen LogP contribution in [0, 0.1) is 6.92 Å². The van der Waals surface area contributed by atoms with Gasteiger partial charge in [0.2, 0.25) is 0 Å². The van der Waals surface area contributed by atoms with Gasteiger partial charge in [-0.15, -0.1) is 11.3 Å². The lowest BCUT2D eigenvalue weighted by Crippen LogP contribution is -2.38. The van der Waals surface area contributed by atoms with E-state index >= 15 is 0 Å². The summed E-state index contributed by atoms with van der Waals surface area (Å²) < 4.78 is 7.48. The Morgan fingerprint density at radius 2 is 2.23 bits per heavy atom. The van der Waals surface area contributed by atoms with Crippen molar-refractivity contribution in [2.45, 2.75) is 26.8 Å². The lowest BCUT2D eigenvalue weighted by molar-refractivity contribution is 0.409. The van der Waals surface area contributed by atoms with Gasteiger partial charge in [0.05, 0.1) is 19.3 Å². The van der Waals surface area contributed by atoms with Crippen LogP contribution in [0.15, 0.2) is 41.0 Å². The molecule has 6 nitrogen and oxygen atoms in total. The molecule has 0 unspecified atom stereocenters. The number of fused-ring (bicyclic) bond motifs is 1. The van der Waals surface area contributed by atoms with Crippen molar-refractivity contribution in [1.29, 1.82) is 0 Å². The first-order chi connectivity index (χ1) is 12.7. The Bertz CT molecular complexity index is 855. The largest absolute Gasteiger partial charge is 0.496 e. The molecule has 0 radical (unpaired) electrons. The topological polar surface area (TPSA) is 63.0 Å². The summed E-state index contributed by atoms with van der Waals surface area (Å²) in [4.78, 5) is 10.2. The Kier molecular flexibility index (Phi) is 6.12. The van der Waals surface area contributed by atoms with Gasteiger partial charge in [0, 0.05) is 30.9 Å². The van der Waals surface area contributed by atoms with Crippen molar-refractivity contribution in [2.75, 3.05) is 20.2 Å². The van der Waals surface area contributed by atoms with Crippen molar-refractivity contribution in [2.24, 2.45) is 4.99 Å². The van der Waals surface area contributed by atoms with Gasteiger partial charge in [0.15, 0.2) is 10.9 Å². The molecular formula is C19H25N5OS. The second-order valence-corrected chi connectivity index (χ2v) is 6.89. The number of guanidine groups is 1. The number of rotatable bonds is 7. The van der Waals surface area contributed by atoms with E-state index < -0.39 is 0 Å². The molecular weight excluding hydrogens is 346 g/mol. The van der Waals surface area contributed by atoms with Crippen LogP contribution in [0.4, 0.5) is 0 Å². The van der Waals surface area contributed by atoms with Gasteiger partial charge in [-0.2, -0.15) is 0 Å². The molecule has 2 aromatic heterocycles. The summed E-state index contributed by atoms with van der Waals surface area (Å²) >= 11 is 1.63. The average molecular weight is 372 g/mol. The lowest BCUT2D eigenvalue weighted by atomic mass is 10.1. The number of ether oxygens (including phenoxy) is 1. The predicted molar refractivity (Wildman–Crippen MR) is 107 cm³/mol. The zero-order chi connectivity index (χ0) is 18.4. The minimum absolute atomic E-state index is 0.553. The number of methoxy groups -OCH3 is 1. The number of aryl methyl sites for hydroxylation is 1. The van der Waals surface area contributed by atoms with Gasteiger partial charge in [-0.1, -0.05) is 17.7 Å². The molecule has 2 N–H and O–H groups in total. The highest BCUT2D eigenvalue weighted by molar-refractivity contribution is 7.15. The first kappa shape index (κ1) is 18.3. The van der Waals surface area contributed by atoms with Gasteiger partial charge in [-0.05, 0) is 31.9 Å². The third-order valence-electron chi connectivity index (χ3n) is 4.01. The molecule has 0 saturated carbocycles. The average Bonchev–Trinajstić information content (AvgIpc) is 3.21. The van der Waals surface area contributed by atoms with Gasteiger partial charge in [-0.3, -0.25) is 4.40 Å². The molecule has 0 amide bonds. The summed E-state index contributed by atoms with van der Waals surface area (Å²) in [5, 5.41) is 8.70. The number of hydrogen-bond donors (Lipinski definition) is 2. The molecule has 0 aliphatic rings. The quantitative estimate of drug-likeness (QED) is 0.495. The molecule has 7 heteroatoms. The number of thiazole rings is 1. The standard InChI is InChI=1S/C19H25N5OS/c1-4-20-18(22-12-16-13-24-9-10-26-19(24)23-16)21-8-7-15-11-14(2)5-6-17(15)25-3/h5-6,9-11,13H,4,7-8,12H2,1-3H3,(H2,20,21,22). The molecule has 3 rings (SSSR count). The van der Waals surface area contributed by atoms with E-state index in [-0.39, 0.29) is 0 Å². The van der Waals surface area contributed by atoms with E-state index in [1.54, 1.807) is 18.4 Å². The molecule has 0 bridgehead atoms. The summed E-state index contributed by atoms with van der Waals surface area (Å²) in [6.07, 6.45) is 4.91. The summed E-state index contributed by atoms with van der Waals surface area (Å²) in [6.45, 7) is 6.31. The fourth-order valence-electron chi connectivity index (χ4n) is 2.77. The Hall–Kier alpha value is -2.54. The number of aromatic nitrogens is 2. The summed E-state index contributed by atoms with van der Waals surface area (Å²) in [6, 6.07) is 6.26. The summed E-state index contributed by atoms with van der Waals surface area (Å²) in [7, 11) is 1.71. The normalized spacial score (nSPS) is 11.7. The monoisotopic (exact) mass is 371 g/mol. The van der Waals surface area contributed by atoms with Crippen molar-refractivity contribution in [3.05, 3.63) is 52.8 Å². The van der Waals surface area contributed by atoms with Crippen LogP contribution in [0.1, 0.15) is 23.7 Å². The molecule has 0 aliphatic carbocycles. The fraction of sp³-hybridized carbons (Fsp3) is 0.368. The zero-order valence-corrected chi connectivity index (χ0v) is 16.3. The summed E-state index contributed by atoms with van der Waals surface area (Å²) in [5.74, 6) is 1.73. The Morgan fingerprint density at radius 1 is 1.35 bits per heavy atom. The predicted octanol–water partition coefficient (Wildman–Crippen LogP) is 3.01. The van der Waals surface area contributed by atoms with Crippen molar-refractivity contribution in [3.8, 4) is 5.75 Å². The molecule has 0 fully saturated rings. The van der Waals surface area contributed by atoms with Crippen molar-refractivity contribution in [1.82, 2.24) is 20.0 Å². The second-order valence-electron chi connectivity index (χ2n) is 6.01. The number of hydrogen-bond acceptors (Lipinski definition) is 4. The van der Waals surface area contributed by atoms with Crippen molar-refractivity contribution < 1.29 is 4.74 Å². The molecule has 0 aliphatic heterocycles. The molecule has 3 aromatic rings. The molecule has 2 heterocycles. The molecule has 1 aromatic carbocycles. The van der Waals surface area contributed by atoms with E-state index in [2.05, 4.69) is 46.6 Å². The minimum Gasteiger partial charge on any atom is -0.496 e. The third kappa shape index (κ3) is 4.54. The zero-order valence-electron chi connectivity index (χ0n) is 15.5. The van der Waals surface area contributed by atoms with Crippen LogP contribution < -0.4 is 15.4 Å². The van der Waals surface area contributed by atoms with Gasteiger partial charge in [0.25, 0.3) is 0 Å². The molecule has 0 spiro atoms. The van der Waals surface area contributed by atoms with Crippen molar-refractivity contribution in [3.63, 3.8) is 0 Å². The van der Waals surface area contributed by atoms with E-state index in [1.165, 1.54) is 11.1 Å². The molecule has 0 atom stereocenters. The van der Waals surface area contributed by atoms with Crippen LogP contribution in [-0.2, 0) is 13.0 Å². The van der Waals surface area contributed by atoms with Crippen molar-refractivity contribution >= 4 is 22.3 Å². The number of nitrogens with zero attached hydrogens (tertiary/aromatic N) is 3. The molecule has 138 valence electrons. The first-order valence-electron chi connectivity index (χ1n) is 8.76. The fourth-order valence-corrected chi connectivity index (χ4v) is 3.49. The van der Waals surface area contributed by atoms with Crippen LogP contribution in [0.25, 0.3) is 4.96 Å². The number of benzene rings is 1. The maximum Gasteiger partial charge on any atom is 0.193 e.